The van der Waals surface area contributed by atoms with Crippen molar-refractivity contribution in [3.63, 3.8) is 0 Å². The molecule has 0 fully saturated rings. The largest absolute Gasteiger partial charge is 0.481 e. The molecule has 0 aliphatic rings. The molecule has 5 heteroatoms. The quantitative estimate of drug-likeness (QED) is 0.887. The van der Waals surface area contributed by atoms with Gasteiger partial charge in [-0.25, -0.2) is 9.67 Å². The molecule has 5 nitrogen and oxygen atoms in total. The fourth-order valence-corrected chi connectivity index (χ4v) is 2.42. The maximum atomic E-state index is 11.6. The summed E-state index contributed by atoms with van der Waals surface area (Å²) in [5, 5.41) is 13.7. The highest BCUT2D eigenvalue weighted by molar-refractivity contribution is 5.70. The van der Waals surface area contributed by atoms with E-state index in [1.165, 1.54) is 6.33 Å². The van der Waals surface area contributed by atoms with Gasteiger partial charge in [-0.15, -0.1) is 0 Å². The molecular formula is C16H21N3O2. The number of aryl methyl sites for hydroxylation is 1. The van der Waals surface area contributed by atoms with Crippen LogP contribution in [0.5, 0.6) is 0 Å². The van der Waals surface area contributed by atoms with Crippen molar-refractivity contribution in [2.45, 2.75) is 39.7 Å². The van der Waals surface area contributed by atoms with Crippen LogP contribution in [0.15, 0.2) is 30.6 Å². The Morgan fingerprint density at radius 1 is 1.29 bits per heavy atom. The number of benzene rings is 1. The van der Waals surface area contributed by atoms with Crippen molar-refractivity contribution >= 4 is 5.97 Å². The third-order valence-corrected chi connectivity index (χ3v) is 3.64. The summed E-state index contributed by atoms with van der Waals surface area (Å²) in [6, 6.07) is 8.07. The minimum atomic E-state index is -0.795. The zero-order valence-electron chi connectivity index (χ0n) is 12.7. The standard InChI is InChI=1S/C16H21N3O2/c1-11(2)19-15(17-10-18-19)9-14(16(20)21)8-13-7-5-4-6-12(13)3/h4-7,10-11,14H,8-9H2,1-3H3,(H,20,21). The molecule has 1 atom stereocenters. The number of rotatable bonds is 6. The Morgan fingerprint density at radius 2 is 2.00 bits per heavy atom. The Labute approximate surface area is 124 Å². The molecule has 1 heterocycles. The maximum Gasteiger partial charge on any atom is 0.307 e. The maximum absolute atomic E-state index is 11.6. The van der Waals surface area contributed by atoms with Gasteiger partial charge in [0.1, 0.15) is 12.2 Å². The number of carbonyl (C=O) groups is 1. The normalized spacial score (nSPS) is 12.6. The fourth-order valence-electron chi connectivity index (χ4n) is 2.42. The predicted octanol–water partition coefficient (Wildman–Crippen LogP) is 2.65. The highest BCUT2D eigenvalue weighted by atomic mass is 16.4. The van der Waals surface area contributed by atoms with E-state index in [9.17, 15) is 9.90 Å². The molecule has 0 radical (unpaired) electrons. The van der Waals surface area contributed by atoms with Crippen LogP contribution in [0.1, 0.15) is 36.8 Å². The van der Waals surface area contributed by atoms with Crippen LogP contribution in [0.3, 0.4) is 0 Å². The Hall–Kier alpha value is -2.17. The number of hydrogen-bond donors (Lipinski definition) is 1. The van der Waals surface area contributed by atoms with Gasteiger partial charge in [-0.1, -0.05) is 24.3 Å². The van der Waals surface area contributed by atoms with Gasteiger partial charge >= 0.3 is 5.97 Å². The number of aromatic nitrogens is 3. The molecule has 1 N–H and O–H groups in total. The monoisotopic (exact) mass is 287 g/mol. The van der Waals surface area contributed by atoms with Gasteiger partial charge in [0.05, 0.1) is 5.92 Å². The van der Waals surface area contributed by atoms with Crippen molar-refractivity contribution in [2.24, 2.45) is 5.92 Å². The summed E-state index contributed by atoms with van der Waals surface area (Å²) >= 11 is 0. The first kappa shape index (κ1) is 15.2. The summed E-state index contributed by atoms with van der Waals surface area (Å²) in [6.07, 6.45) is 2.39. The van der Waals surface area contributed by atoms with Gasteiger partial charge in [0.2, 0.25) is 0 Å². The Bertz CT molecular complexity index is 619. The summed E-state index contributed by atoms with van der Waals surface area (Å²) in [5.41, 5.74) is 2.19. The van der Waals surface area contributed by atoms with E-state index in [2.05, 4.69) is 10.1 Å². The van der Waals surface area contributed by atoms with Crippen LogP contribution in [-0.2, 0) is 17.6 Å². The van der Waals surface area contributed by atoms with Crippen LogP contribution in [0, 0.1) is 12.8 Å². The average molecular weight is 287 g/mol. The molecule has 0 bridgehead atoms. The van der Waals surface area contributed by atoms with Crippen LogP contribution in [0.4, 0.5) is 0 Å². The zero-order valence-corrected chi connectivity index (χ0v) is 12.7. The minimum Gasteiger partial charge on any atom is -0.481 e. The number of carboxylic acids is 1. The summed E-state index contributed by atoms with van der Waals surface area (Å²) in [4.78, 5) is 15.8. The number of carboxylic acid groups (broad SMARTS) is 1. The smallest absolute Gasteiger partial charge is 0.307 e. The molecule has 21 heavy (non-hydrogen) atoms. The van der Waals surface area contributed by atoms with Gasteiger partial charge in [-0.3, -0.25) is 4.79 Å². The second-order valence-corrected chi connectivity index (χ2v) is 5.58. The van der Waals surface area contributed by atoms with Crippen LogP contribution in [0.25, 0.3) is 0 Å². The predicted molar refractivity (Wildman–Crippen MR) is 80.1 cm³/mol. The topological polar surface area (TPSA) is 68.0 Å². The van der Waals surface area contributed by atoms with Gasteiger partial charge < -0.3 is 5.11 Å². The Kier molecular flexibility index (Phi) is 4.73. The summed E-state index contributed by atoms with van der Waals surface area (Å²) in [5.74, 6) is -0.560. The second-order valence-electron chi connectivity index (χ2n) is 5.58. The van der Waals surface area contributed by atoms with Gasteiger partial charge in [0.15, 0.2) is 0 Å². The zero-order chi connectivity index (χ0) is 15.4. The van der Waals surface area contributed by atoms with E-state index in [-0.39, 0.29) is 6.04 Å². The van der Waals surface area contributed by atoms with E-state index in [0.717, 1.165) is 17.0 Å². The van der Waals surface area contributed by atoms with E-state index >= 15 is 0 Å². The Morgan fingerprint density at radius 3 is 2.62 bits per heavy atom. The molecule has 1 unspecified atom stereocenters. The van der Waals surface area contributed by atoms with Crippen molar-refractivity contribution in [1.82, 2.24) is 14.8 Å². The lowest BCUT2D eigenvalue weighted by molar-refractivity contribution is -0.141. The molecule has 0 aliphatic carbocycles. The van der Waals surface area contributed by atoms with E-state index in [4.69, 9.17) is 0 Å². The van der Waals surface area contributed by atoms with Gasteiger partial charge in [-0.2, -0.15) is 5.10 Å². The Balaban J connectivity index is 2.19. The molecule has 112 valence electrons. The summed E-state index contributed by atoms with van der Waals surface area (Å²) in [7, 11) is 0. The number of aliphatic carboxylic acids is 1. The van der Waals surface area contributed by atoms with E-state index in [0.29, 0.717) is 12.8 Å². The third-order valence-electron chi connectivity index (χ3n) is 3.64. The van der Waals surface area contributed by atoms with Crippen LogP contribution in [-0.4, -0.2) is 25.8 Å². The van der Waals surface area contributed by atoms with E-state index in [1.807, 2.05) is 45.0 Å². The molecule has 2 rings (SSSR count). The molecule has 0 saturated heterocycles. The summed E-state index contributed by atoms with van der Waals surface area (Å²) in [6.45, 7) is 6.02. The molecular weight excluding hydrogens is 266 g/mol. The van der Waals surface area contributed by atoms with Gasteiger partial charge in [0.25, 0.3) is 0 Å². The van der Waals surface area contributed by atoms with E-state index in [1.54, 1.807) is 4.68 Å². The lowest BCUT2D eigenvalue weighted by atomic mass is 9.93. The lowest BCUT2D eigenvalue weighted by Gasteiger charge is -2.15. The molecule has 1 aromatic heterocycles. The molecule has 0 amide bonds. The van der Waals surface area contributed by atoms with Gasteiger partial charge in [-0.05, 0) is 38.3 Å². The SMILES string of the molecule is Cc1ccccc1CC(Cc1ncnn1C(C)C)C(=O)O. The van der Waals surface area contributed by atoms with E-state index < -0.39 is 11.9 Å². The highest BCUT2D eigenvalue weighted by Crippen LogP contribution is 2.18. The minimum absolute atomic E-state index is 0.176. The third kappa shape index (κ3) is 3.68. The lowest BCUT2D eigenvalue weighted by Crippen LogP contribution is -2.22. The number of hydrogen-bond acceptors (Lipinski definition) is 3. The van der Waals surface area contributed by atoms with Crippen molar-refractivity contribution in [3.05, 3.63) is 47.5 Å². The molecule has 0 saturated carbocycles. The van der Waals surface area contributed by atoms with Crippen molar-refractivity contribution < 1.29 is 9.90 Å². The highest BCUT2D eigenvalue weighted by Gasteiger charge is 2.22. The summed E-state index contributed by atoms with van der Waals surface area (Å²) < 4.78 is 1.79. The molecule has 0 aliphatic heterocycles. The first-order valence-electron chi connectivity index (χ1n) is 7.14. The first-order valence-corrected chi connectivity index (χ1v) is 7.14. The average Bonchev–Trinajstić information content (AvgIpc) is 2.88. The number of nitrogens with zero attached hydrogens (tertiary/aromatic N) is 3. The van der Waals surface area contributed by atoms with Gasteiger partial charge in [0, 0.05) is 12.5 Å². The second kappa shape index (κ2) is 6.52. The molecule has 1 aromatic carbocycles. The van der Waals surface area contributed by atoms with Crippen LogP contribution >= 0.6 is 0 Å². The fraction of sp³-hybridized carbons (Fsp3) is 0.438. The molecule has 2 aromatic rings. The van der Waals surface area contributed by atoms with Crippen LogP contribution < -0.4 is 0 Å². The van der Waals surface area contributed by atoms with Crippen molar-refractivity contribution in [3.8, 4) is 0 Å². The van der Waals surface area contributed by atoms with Crippen LogP contribution in [0.2, 0.25) is 0 Å². The van der Waals surface area contributed by atoms with Crippen molar-refractivity contribution in [1.29, 1.82) is 0 Å². The van der Waals surface area contributed by atoms with Crippen molar-refractivity contribution in [2.75, 3.05) is 0 Å². The first-order chi connectivity index (χ1) is 9.99. The molecule has 0 spiro atoms.